The van der Waals surface area contributed by atoms with Gasteiger partial charge in [-0.05, 0) is 104 Å². The summed E-state index contributed by atoms with van der Waals surface area (Å²) in [6.45, 7) is 17.5. The molecule has 0 bridgehead atoms. The smallest absolute Gasteiger partial charge is 0.302 e. The van der Waals surface area contributed by atoms with Crippen molar-refractivity contribution in [1.29, 1.82) is 0 Å². The fourth-order valence-corrected chi connectivity index (χ4v) is 10.5. The van der Waals surface area contributed by atoms with Crippen molar-refractivity contribution >= 4 is 11.7 Å². The second-order valence-electron chi connectivity index (χ2n) is 15.0. The summed E-state index contributed by atoms with van der Waals surface area (Å²) >= 11 is 0. The second kappa shape index (κ2) is 11.8. The standard InChI is InChI=1S/C37H57NO2/c1-8-38(29-15-10-9-11-16-29)34-24-28-23-30(40-27(5)39)19-21-36(28,6)33-20-22-37(7)31(17-18-32(37)35(33)34)26(4)14-12-13-25(2)3/h9-11,15-16,24-26,30-35H,8,12-14,17-23H2,1-7H3/t26-,30-,31+,32-,33-,34-,35-,36-,37+/m0/s1. The Hall–Kier alpha value is -1.77. The zero-order chi connectivity index (χ0) is 28.7. The molecule has 3 nitrogen and oxygen atoms in total. The molecule has 3 fully saturated rings. The number of ether oxygens (including phenoxy) is 1. The molecule has 0 spiro atoms. The van der Waals surface area contributed by atoms with E-state index in [2.05, 4.69) is 82.9 Å². The Balaban J connectivity index is 1.50. The second-order valence-corrected chi connectivity index (χ2v) is 15.0. The fourth-order valence-electron chi connectivity index (χ4n) is 10.5. The number of esters is 1. The van der Waals surface area contributed by atoms with E-state index in [9.17, 15) is 4.79 Å². The lowest BCUT2D eigenvalue weighted by Crippen LogP contribution is -2.59. The Morgan fingerprint density at radius 2 is 1.75 bits per heavy atom. The van der Waals surface area contributed by atoms with E-state index in [1.54, 1.807) is 12.5 Å². The highest BCUT2D eigenvalue weighted by Gasteiger charge is 2.62. The van der Waals surface area contributed by atoms with Crippen LogP contribution in [0.25, 0.3) is 0 Å². The summed E-state index contributed by atoms with van der Waals surface area (Å²) in [6.07, 6.45) is 15.5. The van der Waals surface area contributed by atoms with Gasteiger partial charge in [-0.1, -0.05) is 83.7 Å². The van der Waals surface area contributed by atoms with Crippen molar-refractivity contribution in [3.8, 4) is 0 Å². The third-order valence-corrected chi connectivity index (χ3v) is 12.4. The zero-order valence-electron chi connectivity index (χ0n) is 26.6. The Kier molecular flexibility index (Phi) is 8.80. The largest absolute Gasteiger partial charge is 0.462 e. The van der Waals surface area contributed by atoms with Crippen LogP contribution in [-0.2, 0) is 9.53 Å². The maximum Gasteiger partial charge on any atom is 0.302 e. The summed E-state index contributed by atoms with van der Waals surface area (Å²) in [5, 5.41) is 0. The van der Waals surface area contributed by atoms with Crippen LogP contribution in [0.3, 0.4) is 0 Å². The van der Waals surface area contributed by atoms with Crippen molar-refractivity contribution in [1.82, 2.24) is 0 Å². The summed E-state index contributed by atoms with van der Waals surface area (Å²) in [4.78, 5) is 14.6. The number of likely N-dealkylation sites (N-methyl/N-ethyl adjacent to an activating group) is 1. The van der Waals surface area contributed by atoms with E-state index in [-0.39, 0.29) is 17.5 Å². The van der Waals surface area contributed by atoms with E-state index in [1.165, 1.54) is 50.6 Å². The quantitative estimate of drug-likeness (QED) is 0.228. The van der Waals surface area contributed by atoms with Crippen LogP contribution in [0.4, 0.5) is 5.69 Å². The van der Waals surface area contributed by atoms with Crippen molar-refractivity contribution < 1.29 is 9.53 Å². The lowest BCUT2D eigenvalue weighted by atomic mass is 9.45. The van der Waals surface area contributed by atoms with Crippen LogP contribution >= 0.6 is 0 Å². The number of fused-ring (bicyclic) bond motifs is 5. The van der Waals surface area contributed by atoms with E-state index in [1.807, 2.05) is 0 Å². The minimum atomic E-state index is -0.133. The van der Waals surface area contributed by atoms with Crippen LogP contribution in [-0.4, -0.2) is 24.7 Å². The predicted octanol–water partition coefficient (Wildman–Crippen LogP) is 9.46. The van der Waals surface area contributed by atoms with Gasteiger partial charge in [0.1, 0.15) is 6.10 Å². The predicted molar refractivity (Wildman–Crippen MR) is 167 cm³/mol. The maximum absolute atomic E-state index is 11.9. The van der Waals surface area contributed by atoms with Gasteiger partial charge in [-0.2, -0.15) is 0 Å². The SMILES string of the molecule is CCN(c1ccccc1)[C@H]1C=C2C[C@@H](OC(C)=O)CC[C@]2(C)[C@H]2CC[C@]3(C)[C@@H]([C@@H](C)CCCC(C)C)CC[C@H]3[C@H]12. The zero-order valence-corrected chi connectivity index (χ0v) is 26.6. The van der Waals surface area contributed by atoms with Gasteiger partial charge in [0.2, 0.25) is 0 Å². The summed E-state index contributed by atoms with van der Waals surface area (Å²) in [5.74, 6) is 4.54. The number of hydrogen-bond donors (Lipinski definition) is 0. The summed E-state index contributed by atoms with van der Waals surface area (Å²) in [7, 11) is 0. The normalized spacial score (nSPS) is 37.6. The molecule has 3 saturated carbocycles. The molecule has 1 aromatic carbocycles. The van der Waals surface area contributed by atoms with Crippen molar-refractivity contribution in [2.75, 3.05) is 11.4 Å². The van der Waals surface area contributed by atoms with Crippen LogP contribution in [0.1, 0.15) is 113 Å². The van der Waals surface area contributed by atoms with Gasteiger partial charge in [0, 0.05) is 25.6 Å². The third-order valence-electron chi connectivity index (χ3n) is 12.4. The molecule has 0 aromatic heterocycles. The number of nitrogens with zero attached hydrogens (tertiary/aromatic N) is 1. The topological polar surface area (TPSA) is 29.5 Å². The Morgan fingerprint density at radius 1 is 1.00 bits per heavy atom. The number of carbonyl (C=O) groups excluding carboxylic acids is 1. The highest BCUT2D eigenvalue weighted by Crippen LogP contribution is 2.68. The van der Waals surface area contributed by atoms with Crippen LogP contribution in [0.5, 0.6) is 0 Å². The molecule has 0 unspecified atom stereocenters. The van der Waals surface area contributed by atoms with Gasteiger partial charge in [-0.25, -0.2) is 0 Å². The summed E-state index contributed by atoms with van der Waals surface area (Å²) in [6, 6.07) is 11.6. The molecule has 4 aliphatic carbocycles. The molecule has 0 N–H and O–H groups in total. The lowest BCUT2D eigenvalue weighted by molar-refractivity contribution is -0.148. The first-order valence-corrected chi connectivity index (χ1v) is 16.8. The van der Waals surface area contributed by atoms with Crippen molar-refractivity contribution in [2.45, 2.75) is 125 Å². The number of hydrogen-bond acceptors (Lipinski definition) is 3. The first-order chi connectivity index (χ1) is 19.1. The summed E-state index contributed by atoms with van der Waals surface area (Å²) in [5.41, 5.74) is 3.61. The number of rotatable bonds is 9. The molecule has 9 atom stereocenters. The molecular weight excluding hydrogens is 490 g/mol. The number of para-hydroxylation sites is 1. The molecule has 222 valence electrons. The number of anilines is 1. The monoisotopic (exact) mass is 547 g/mol. The van der Waals surface area contributed by atoms with E-state index < -0.39 is 0 Å². The fraction of sp³-hybridized carbons (Fsp3) is 0.757. The highest BCUT2D eigenvalue weighted by atomic mass is 16.5. The van der Waals surface area contributed by atoms with E-state index in [4.69, 9.17) is 4.74 Å². The van der Waals surface area contributed by atoms with Gasteiger partial charge in [0.05, 0.1) is 6.04 Å². The van der Waals surface area contributed by atoms with Gasteiger partial charge < -0.3 is 9.64 Å². The molecule has 0 aliphatic heterocycles. The molecule has 40 heavy (non-hydrogen) atoms. The molecule has 1 aromatic rings. The molecule has 5 rings (SSSR count). The van der Waals surface area contributed by atoms with Crippen molar-refractivity contribution in [3.05, 3.63) is 42.0 Å². The van der Waals surface area contributed by atoms with Gasteiger partial charge in [0.15, 0.2) is 0 Å². The minimum absolute atomic E-state index is 0.0391. The van der Waals surface area contributed by atoms with Gasteiger partial charge >= 0.3 is 5.97 Å². The van der Waals surface area contributed by atoms with Crippen molar-refractivity contribution in [2.24, 2.45) is 46.3 Å². The maximum atomic E-state index is 11.9. The van der Waals surface area contributed by atoms with Gasteiger partial charge in [0.25, 0.3) is 0 Å². The molecular formula is C37H57NO2. The molecule has 4 aliphatic rings. The minimum Gasteiger partial charge on any atom is -0.462 e. The first-order valence-electron chi connectivity index (χ1n) is 16.8. The molecule has 0 heterocycles. The Morgan fingerprint density at radius 3 is 2.42 bits per heavy atom. The van der Waals surface area contributed by atoms with Crippen molar-refractivity contribution in [3.63, 3.8) is 0 Å². The van der Waals surface area contributed by atoms with Crippen LogP contribution in [0.15, 0.2) is 42.0 Å². The molecule has 3 heteroatoms. The number of benzene rings is 1. The van der Waals surface area contributed by atoms with E-state index >= 15 is 0 Å². The third kappa shape index (κ3) is 5.40. The number of carbonyl (C=O) groups is 1. The van der Waals surface area contributed by atoms with Crippen LogP contribution in [0.2, 0.25) is 0 Å². The highest BCUT2D eigenvalue weighted by molar-refractivity contribution is 5.66. The molecule has 0 radical (unpaired) electrons. The van der Waals surface area contributed by atoms with Crippen LogP contribution in [0, 0.1) is 46.3 Å². The van der Waals surface area contributed by atoms with E-state index in [0.29, 0.717) is 23.3 Å². The molecule has 0 amide bonds. The average Bonchev–Trinajstić information content (AvgIpc) is 3.27. The van der Waals surface area contributed by atoms with E-state index in [0.717, 1.165) is 49.5 Å². The first kappa shape index (κ1) is 29.7. The lowest BCUT2D eigenvalue weighted by Gasteiger charge is -2.61. The molecule has 0 saturated heterocycles. The summed E-state index contributed by atoms with van der Waals surface area (Å²) < 4.78 is 5.81. The average molecular weight is 548 g/mol. The Bertz CT molecular complexity index is 1050. The van der Waals surface area contributed by atoms with Gasteiger partial charge in [-0.3, -0.25) is 4.79 Å². The van der Waals surface area contributed by atoms with Gasteiger partial charge in [-0.15, -0.1) is 0 Å². The van der Waals surface area contributed by atoms with Crippen LogP contribution < -0.4 is 4.90 Å². The Labute approximate surface area is 245 Å².